The van der Waals surface area contributed by atoms with Crippen LogP contribution in [-0.2, 0) is 19.3 Å². The van der Waals surface area contributed by atoms with E-state index >= 15 is 0 Å². The highest BCUT2D eigenvalue weighted by Gasteiger charge is 2.38. The third kappa shape index (κ3) is 3.67. The van der Waals surface area contributed by atoms with Gasteiger partial charge in [-0.05, 0) is 56.1 Å². The Hall–Kier alpha value is -2.87. The number of hydrogen-bond donors (Lipinski definition) is 0. The van der Waals surface area contributed by atoms with Crippen LogP contribution in [0.25, 0.3) is 16.7 Å². The van der Waals surface area contributed by atoms with Gasteiger partial charge in [-0.25, -0.2) is 9.97 Å². The first-order chi connectivity index (χ1) is 14.5. The SMILES string of the molecule is FC(F)(F)c1nc2ccccc2n1CC1CCN(Cc2cn3ccccc3n2)CC1. The molecule has 0 bridgehead atoms. The molecule has 0 unspecified atom stereocenters. The Bertz CT molecular complexity index is 1140. The van der Waals surface area contributed by atoms with Gasteiger partial charge in [0.15, 0.2) is 0 Å². The van der Waals surface area contributed by atoms with E-state index in [2.05, 4.69) is 14.9 Å². The van der Waals surface area contributed by atoms with E-state index in [9.17, 15) is 13.2 Å². The number of alkyl halides is 3. The number of hydrogen-bond acceptors (Lipinski definition) is 3. The molecule has 0 aliphatic carbocycles. The standard InChI is InChI=1S/C22H22F3N5/c23-22(24,25)21-27-18-5-1-2-6-19(18)30(21)13-16-8-11-28(12-9-16)14-17-15-29-10-4-3-7-20(29)26-17/h1-7,10,15-16H,8-9,11-14H2. The summed E-state index contributed by atoms with van der Waals surface area (Å²) >= 11 is 0. The van der Waals surface area contributed by atoms with Crippen molar-refractivity contribution in [3.63, 3.8) is 0 Å². The van der Waals surface area contributed by atoms with Gasteiger partial charge < -0.3 is 8.97 Å². The number of likely N-dealkylation sites (tertiary alicyclic amines) is 1. The van der Waals surface area contributed by atoms with E-state index < -0.39 is 12.0 Å². The normalized spacial score (nSPS) is 16.6. The highest BCUT2D eigenvalue weighted by atomic mass is 19.4. The second kappa shape index (κ2) is 7.43. The monoisotopic (exact) mass is 413 g/mol. The van der Waals surface area contributed by atoms with E-state index in [0.717, 1.165) is 43.8 Å². The van der Waals surface area contributed by atoms with Gasteiger partial charge in [-0.1, -0.05) is 18.2 Å². The fourth-order valence-corrected chi connectivity index (χ4v) is 4.35. The number of para-hydroxylation sites is 2. The van der Waals surface area contributed by atoms with Gasteiger partial charge in [-0.15, -0.1) is 0 Å². The van der Waals surface area contributed by atoms with Gasteiger partial charge in [0.1, 0.15) is 5.65 Å². The molecule has 0 spiro atoms. The molecular weight excluding hydrogens is 391 g/mol. The van der Waals surface area contributed by atoms with Crippen molar-refractivity contribution in [3.8, 4) is 0 Å². The van der Waals surface area contributed by atoms with Crippen molar-refractivity contribution in [3.05, 3.63) is 66.4 Å². The maximum Gasteiger partial charge on any atom is 0.449 e. The molecule has 156 valence electrons. The van der Waals surface area contributed by atoms with E-state index in [1.54, 1.807) is 24.3 Å². The first-order valence-corrected chi connectivity index (χ1v) is 10.1. The molecule has 0 N–H and O–H groups in total. The number of halogens is 3. The van der Waals surface area contributed by atoms with Crippen LogP contribution in [-0.4, -0.2) is 36.9 Å². The van der Waals surface area contributed by atoms with Gasteiger partial charge >= 0.3 is 6.18 Å². The predicted octanol–water partition coefficient (Wildman–Crippen LogP) is 4.62. The van der Waals surface area contributed by atoms with Crippen LogP contribution >= 0.6 is 0 Å². The van der Waals surface area contributed by atoms with E-state index in [0.29, 0.717) is 17.6 Å². The predicted molar refractivity (Wildman–Crippen MR) is 108 cm³/mol. The Morgan fingerprint density at radius 1 is 0.967 bits per heavy atom. The van der Waals surface area contributed by atoms with Crippen LogP contribution in [0, 0.1) is 5.92 Å². The quantitative estimate of drug-likeness (QED) is 0.490. The molecular formula is C22H22F3N5. The van der Waals surface area contributed by atoms with Gasteiger partial charge in [0.25, 0.3) is 0 Å². The average molecular weight is 413 g/mol. The lowest BCUT2D eigenvalue weighted by Gasteiger charge is -2.32. The summed E-state index contributed by atoms with van der Waals surface area (Å²) in [7, 11) is 0. The van der Waals surface area contributed by atoms with Crippen molar-refractivity contribution < 1.29 is 13.2 Å². The molecule has 1 saturated heterocycles. The lowest BCUT2D eigenvalue weighted by molar-refractivity contribution is -0.147. The first-order valence-electron chi connectivity index (χ1n) is 10.1. The molecule has 1 aliphatic heterocycles. The third-order valence-corrected chi connectivity index (χ3v) is 5.86. The number of piperidine rings is 1. The number of fused-ring (bicyclic) bond motifs is 2. The molecule has 0 saturated carbocycles. The van der Waals surface area contributed by atoms with Crippen LogP contribution in [0.5, 0.6) is 0 Å². The second-order valence-electron chi connectivity index (χ2n) is 7.95. The zero-order valence-corrected chi connectivity index (χ0v) is 16.4. The molecule has 4 aromatic rings. The summed E-state index contributed by atoms with van der Waals surface area (Å²) in [5, 5.41) is 0. The molecule has 3 aromatic heterocycles. The molecule has 8 heteroatoms. The minimum absolute atomic E-state index is 0.195. The molecule has 0 amide bonds. The van der Waals surface area contributed by atoms with E-state index in [4.69, 9.17) is 0 Å². The molecule has 1 aliphatic rings. The van der Waals surface area contributed by atoms with E-state index in [-0.39, 0.29) is 5.92 Å². The number of pyridine rings is 1. The lowest BCUT2D eigenvalue weighted by Crippen LogP contribution is -2.35. The Morgan fingerprint density at radius 2 is 1.73 bits per heavy atom. The highest BCUT2D eigenvalue weighted by Crippen LogP contribution is 2.33. The molecule has 0 atom stereocenters. The average Bonchev–Trinajstić information content (AvgIpc) is 3.30. The molecule has 30 heavy (non-hydrogen) atoms. The molecule has 4 heterocycles. The zero-order chi connectivity index (χ0) is 20.7. The number of imidazole rings is 2. The third-order valence-electron chi connectivity index (χ3n) is 5.86. The Balaban J connectivity index is 1.27. The fourth-order valence-electron chi connectivity index (χ4n) is 4.35. The van der Waals surface area contributed by atoms with Crippen LogP contribution in [0.15, 0.2) is 54.9 Å². The van der Waals surface area contributed by atoms with Gasteiger partial charge in [0, 0.05) is 25.5 Å². The van der Waals surface area contributed by atoms with Crippen molar-refractivity contribution in [1.29, 1.82) is 0 Å². The molecule has 5 rings (SSSR count). The number of aromatic nitrogens is 4. The Morgan fingerprint density at radius 3 is 2.50 bits per heavy atom. The number of benzene rings is 1. The summed E-state index contributed by atoms with van der Waals surface area (Å²) in [6.45, 7) is 2.81. The van der Waals surface area contributed by atoms with Crippen LogP contribution in [0.2, 0.25) is 0 Å². The molecule has 0 radical (unpaired) electrons. The molecule has 1 aromatic carbocycles. The number of nitrogens with zero attached hydrogens (tertiary/aromatic N) is 5. The highest BCUT2D eigenvalue weighted by molar-refractivity contribution is 5.76. The van der Waals surface area contributed by atoms with Crippen molar-refractivity contribution in [2.45, 2.75) is 32.1 Å². The van der Waals surface area contributed by atoms with Crippen LogP contribution in [0.3, 0.4) is 0 Å². The van der Waals surface area contributed by atoms with Crippen molar-refractivity contribution in [2.75, 3.05) is 13.1 Å². The van der Waals surface area contributed by atoms with Gasteiger partial charge in [0.05, 0.1) is 16.7 Å². The maximum atomic E-state index is 13.5. The van der Waals surface area contributed by atoms with Crippen molar-refractivity contribution in [2.24, 2.45) is 5.92 Å². The van der Waals surface area contributed by atoms with Gasteiger partial charge in [-0.3, -0.25) is 4.90 Å². The zero-order valence-electron chi connectivity index (χ0n) is 16.4. The second-order valence-corrected chi connectivity index (χ2v) is 7.95. The van der Waals surface area contributed by atoms with E-state index in [1.165, 1.54) is 4.57 Å². The summed E-state index contributed by atoms with van der Waals surface area (Å²) in [6.07, 6.45) is 1.28. The Labute approximate surface area is 171 Å². The van der Waals surface area contributed by atoms with Gasteiger partial charge in [0.2, 0.25) is 5.82 Å². The summed E-state index contributed by atoms with van der Waals surface area (Å²) in [6, 6.07) is 12.7. The molecule has 1 fully saturated rings. The minimum Gasteiger partial charge on any atom is -0.320 e. The minimum atomic E-state index is -4.46. The summed E-state index contributed by atoms with van der Waals surface area (Å²) < 4.78 is 44.0. The molecule has 5 nitrogen and oxygen atoms in total. The smallest absolute Gasteiger partial charge is 0.320 e. The summed E-state index contributed by atoms with van der Waals surface area (Å²) in [5.41, 5.74) is 2.89. The van der Waals surface area contributed by atoms with Crippen molar-refractivity contribution >= 4 is 16.7 Å². The lowest BCUT2D eigenvalue weighted by atomic mass is 9.96. The fraction of sp³-hybridized carbons (Fsp3) is 0.364. The topological polar surface area (TPSA) is 38.4 Å². The van der Waals surface area contributed by atoms with Crippen LogP contribution in [0.4, 0.5) is 13.2 Å². The van der Waals surface area contributed by atoms with E-state index in [1.807, 2.05) is 35.0 Å². The van der Waals surface area contributed by atoms with Crippen molar-refractivity contribution in [1.82, 2.24) is 23.8 Å². The first kappa shape index (κ1) is 19.1. The maximum absolute atomic E-state index is 13.5. The van der Waals surface area contributed by atoms with Crippen LogP contribution in [0.1, 0.15) is 24.4 Å². The summed E-state index contributed by atoms with van der Waals surface area (Å²) in [5.74, 6) is -0.600. The number of rotatable bonds is 4. The van der Waals surface area contributed by atoms with Crippen LogP contribution < -0.4 is 0 Å². The van der Waals surface area contributed by atoms with Gasteiger partial charge in [-0.2, -0.15) is 13.2 Å². The summed E-state index contributed by atoms with van der Waals surface area (Å²) in [4.78, 5) is 10.8. The Kier molecular flexibility index (Phi) is 4.73. The largest absolute Gasteiger partial charge is 0.449 e.